The summed E-state index contributed by atoms with van der Waals surface area (Å²) in [4.78, 5) is 5.21. The van der Waals surface area contributed by atoms with E-state index in [0.29, 0.717) is 0 Å². The van der Waals surface area contributed by atoms with Crippen LogP contribution in [0.25, 0.3) is 0 Å². The van der Waals surface area contributed by atoms with Gasteiger partial charge in [-0.2, -0.15) is 0 Å². The normalized spacial score (nSPS) is 13.1. The third kappa shape index (κ3) is 14.3. The first kappa shape index (κ1) is 23.9. The summed E-state index contributed by atoms with van der Waals surface area (Å²) in [5, 5.41) is 0. The Morgan fingerprint density at radius 1 is 0.583 bits per heavy atom. The van der Waals surface area contributed by atoms with Crippen LogP contribution in [0, 0.1) is 5.92 Å². The summed E-state index contributed by atoms with van der Waals surface area (Å²) in [6.07, 6.45) is 15.1. The minimum Gasteiger partial charge on any atom is -0.306 e. The zero-order valence-electron chi connectivity index (χ0n) is 17.8. The first-order chi connectivity index (χ1) is 11.7. The van der Waals surface area contributed by atoms with E-state index < -0.39 is 0 Å². The molecule has 0 spiro atoms. The summed E-state index contributed by atoms with van der Waals surface area (Å²) < 4.78 is 0. The Morgan fingerprint density at radius 2 is 1.17 bits per heavy atom. The molecule has 0 N–H and O–H groups in total. The van der Waals surface area contributed by atoms with E-state index in [-0.39, 0.29) is 0 Å². The molecule has 0 aromatic heterocycles. The highest BCUT2D eigenvalue weighted by atomic mass is 15.1. The summed E-state index contributed by atoms with van der Waals surface area (Å²) in [7, 11) is 2.31. The number of unbranched alkanes of at least 4 members (excludes halogenated alkanes) is 3. The molecule has 24 heavy (non-hydrogen) atoms. The average Bonchev–Trinajstić information content (AvgIpc) is 2.57. The number of nitrogens with zero attached hydrogens (tertiary/aromatic N) is 2. The summed E-state index contributed by atoms with van der Waals surface area (Å²) >= 11 is 0. The molecule has 146 valence electrons. The van der Waals surface area contributed by atoms with Crippen LogP contribution in [0.5, 0.6) is 0 Å². The van der Waals surface area contributed by atoms with Crippen LogP contribution in [0.15, 0.2) is 0 Å². The third-order valence-corrected chi connectivity index (χ3v) is 5.29. The van der Waals surface area contributed by atoms with Crippen molar-refractivity contribution in [2.45, 2.75) is 98.3 Å². The molecule has 0 radical (unpaired) electrons. The van der Waals surface area contributed by atoms with Gasteiger partial charge in [-0.3, -0.25) is 0 Å². The van der Waals surface area contributed by atoms with Crippen LogP contribution < -0.4 is 0 Å². The smallest absolute Gasteiger partial charge is 0.00186 e. The Balaban J connectivity index is 3.74. The van der Waals surface area contributed by atoms with Crippen molar-refractivity contribution < 1.29 is 0 Å². The first-order valence-electron chi connectivity index (χ1n) is 11.1. The minimum atomic E-state index is 0.948. The maximum atomic E-state index is 2.66. The Morgan fingerprint density at radius 3 is 1.71 bits per heavy atom. The molecule has 2 heteroatoms. The van der Waals surface area contributed by atoms with Crippen molar-refractivity contribution in [3.05, 3.63) is 0 Å². The van der Waals surface area contributed by atoms with Crippen molar-refractivity contribution in [1.29, 1.82) is 0 Å². The second-order valence-corrected chi connectivity index (χ2v) is 7.76. The summed E-state index contributed by atoms with van der Waals surface area (Å²) in [5.41, 5.74) is 0. The SMILES string of the molecule is CCCCCCN(C)CCCC(CC)CCCN(CCC)CCC. The van der Waals surface area contributed by atoms with Crippen molar-refractivity contribution in [3.8, 4) is 0 Å². The Labute approximate surface area is 154 Å². The fraction of sp³-hybridized carbons (Fsp3) is 1.00. The van der Waals surface area contributed by atoms with Crippen LogP contribution in [-0.2, 0) is 0 Å². The molecule has 0 aliphatic heterocycles. The standard InChI is InChI=1S/C22H48N2/c1-6-10-11-12-19-23(5)20-13-15-22(9-4)16-14-21-24(17-7-2)18-8-3/h22H,6-21H2,1-5H3. The van der Waals surface area contributed by atoms with E-state index >= 15 is 0 Å². The molecule has 0 saturated heterocycles. The van der Waals surface area contributed by atoms with Gasteiger partial charge in [0.15, 0.2) is 0 Å². The van der Waals surface area contributed by atoms with Gasteiger partial charge in [-0.1, -0.05) is 53.4 Å². The van der Waals surface area contributed by atoms with Crippen LogP contribution in [0.2, 0.25) is 0 Å². The molecule has 1 unspecified atom stereocenters. The van der Waals surface area contributed by atoms with E-state index in [2.05, 4.69) is 44.5 Å². The molecule has 0 aliphatic rings. The molecule has 0 aromatic carbocycles. The zero-order chi connectivity index (χ0) is 18.0. The molecule has 0 aromatic rings. The van der Waals surface area contributed by atoms with E-state index in [1.54, 1.807) is 0 Å². The fourth-order valence-electron chi connectivity index (χ4n) is 3.69. The topological polar surface area (TPSA) is 6.48 Å². The molecule has 2 nitrogen and oxygen atoms in total. The van der Waals surface area contributed by atoms with Crippen molar-refractivity contribution in [3.63, 3.8) is 0 Å². The van der Waals surface area contributed by atoms with Crippen LogP contribution in [0.3, 0.4) is 0 Å². The van der Waals surface area contributed by atoms with Gasteiger partial charge in [0, 0.05) is 0 Å². The van der Waals surface area contributed by atoms with Gasteiger partial charge in [0.05, 0.1) is 0 Å². The number of hydrogen-bond donors (Lipinski definition) is 0. The van der Waals surface area contributed by atoms with Gasteiger partial charge in [0.25, 0.3) is 0 Å². The molecule has 0 fully saturated rings. The molecule has 0 saturated carbocycles. The Kier molecular flexibility index (Phi) is 17.7. The average molecular weight is 341 g/mol. The predicted octanol–water partition coefficient (Wildman–Crippen LogP) is 6.21. The molecule has 1 atom stereocenters. The lowest BCUT2D eigenvalue weighted by atomic mass is 9.94. The summed E-state index contributed by atoms with van der Waals surface area (Å²) in [6.45, 7) is 15.7. The lowest BCUT2D eigenvalue weighted by Crippen LogP contribution is -2.27. The lowest BCUT2D eigenvalue weighted by Gasteiger charge is -2.23. The van der Waals surface area contributed by atoms with Crippen molar-refractivity contribution in [2.75, 3.05) is 39.8 Å². The van der Waals surface area contributed by atoms with E-state index in [1.807, 2.05) is 0 Å². The maximum Gasteiger partial charge on any atom is -0.00186 e. The van der Waals surface area contributed by atoms with Gasteiger partial charge in [0.1, 0.15) is 0 Å². The molecule has 0 aliphatic carbocycles. The number of hydrogen-bond acceptors (Lipinski definition) is 2. The van der Waals surface area contributed by atoms with E-state index in [1.165, 1.54) is 103 Å². The molecule has 0 amide bonds. The van der Waals surface area contributed by atoms with Crippen LogP contribution in [-0.4, -0.2) is 49.6 Å². The van der Waals surface area contributed by atoms with Crippen molar-refractivity contribution in [1.82, 2.24) is 9.80 Å². The second-order valence-electron chi connectivity index (χ2n) is 7.76. The van der Waals surface area contributed by atoms with Gasteiger partial charge in [0.2, 0.25) is 0 Å². The highest BCUT2D eigenvalue weighted by molar-refractivity contribution is 4.63. The molecule has 0 rings (SSSR count). The van der Waals surface area contributed by atoms with Gasteiger partial charge in [-0.15, -0.1) is 0 Å². The van der Waals surface area contributed by atoms with Gasteiger partial charge in [-0.25, -0.2) is 0 Å². The van der Waals surface area contributed by atoms with Crippen molar-refractivity contribution >= 4 is 0 Å². The van der Waals surface area contributed by atoms with Gasteiger partial charge in [-0.05, 0) is 90.6 Å². The van der Waals surface area contributed by atoms with Crippen LogP contribution >= 0.6 is 0 Å². The summed E-state index contributed by atoms with van der Waals surface area (Å²) in [5.74, 6) is 0.948. The third-order valence-electron chi connectivity index (χ3n) is 5.29. The Bertz CT molecular complexity index is 236. The Hall–Kier alpha value is -0.0800. The lowest BCUT2D eigenvalue weighted by molar-refractivity contribution is 0.253. The molecule has 0 bridgehead atoms. The fourth-order valence-corrected chi connectivity index (χ4v) is 3.69. The van der Waals surface area contributed by atoms with E-state index in [0.717, 1.165) is 5.92 Å². The maximum absolute atomic E-state index is 2.66. The van der Waals surface area contributed by atoms with E-state index in [9.17, 15) is 0 Å². The van der Waals surface area contributed by atoms with Crippen molar-refractivity contribution in [2.24, 2.45) is 5.92 Å². The quantitative estimate of drug-likeness (QED) is 0.274. The summed E-state index contributed by atoms with van der Waals surface area (Å²) in [6, 6.07) is 0. The number of rotatable bonds is 18. The molecular formula is C22H48N2. The van der Waals surface area contributed by atoms with Gasteiger partial charge >= 0.3 is 0 Å². The second kappa shape index (κ2) is 17.7. The largest absolute Gasteiger partial charge is 0.306 e. The van der Waals surface area contributed by atoms with Gasteiger partial charge < -0.3 is 9.80 Å². The minimum absolute atomic E-state index is 0.948. The highest BCUT2D eigenvalue weighted by Crippen LogP contribution is 2.18. The zero-order valence-corrected chi connectivity index (χ0v) is 17.8. The highest BCUT2D eigenvalue weighted by Gasteiger charge is 2.09. The monoisotopic (exact) mass is 340 g/mol. The van der Waals surface area contributed by atoms with E-state index in [4.69, 9.17) is 0 Å². The van der Waals surface area contributed by atoms with Crippen LogP contribution in [0.1, 0.15) is 98.3 Å². The molecular weight excluding hydrogens is 292 g/mol. The first-order valence-corrected chi connectivity index (χ1v) is 11.1. The van der Waals surface area contributed by atoms with Crippen LogP contribution in [0.4, 0.5) is 0 Å². The predicted molar refractivity (Wildman–Crippen MR) is 111 cm³/mol. The molecule has 0 heterocycles.